The van der Waals surface area contributed by atoms with Gasteiger partial charge in [-0.3, -0.25) is 0 Å². The molecule has 3 heteroatoms. The lowest BCUT2D eigenvalue weighted by Gasteiger charge is -2.08. The minimum Gasteiger partial charge on any atom is -0.395 e. The second-order valence-corrected chi connectivity index (χ2v) is 3.36. The first-order chi connectivity index (χ1) is 4.25. The van der Waals surface area contributed by atoms with Crippen LogP contribution >= 0.6 is 11.8 Å². The summed E-state index contributed by atoms with van der Waals surface area (Å²) in [4.78, 5) is 0. The zero-order valence-corrected chi connectivity index (χ0v) is 5.90. The molecule has 52 valence electrons. The average Bonchev–Trinajstić information content (AvgIpc) is 2.15. The van der Waals surface area contributed by atoms with Crippen molar-refractivity contribution in [3.05, 3.63) is 12.2 Å². The van der Waals surface area contributed by atoms with E-state index in [2.05, 4.69) is 6.58 Å². The topological polar surface area (TPSA) is 40.5 Å². The lowest BCUT2D eigenvalue weighted by molar-refractivity contribution is 0.174. The molecule has 0 bridgehead atoms. The van der Waals surface area contributed by atoms with Crippen molar-refractivity contribution in [2.75, 3.05) is 12.4 Å². The van der Waals surface area contributed by atoms with Crippen molar-refractivity contribution in [3.8, 4) is 0 Å². The summed E-state index contributed by atoms with van der Waals surface area (Å²) in [7, 11) is 0. The summed E-state index contributed by atoms with van der Waals surface area (Å²) in [6.45, 7) is 3.70. The highest BCUT2D eigenvalue weighted by Crippen LogP contribution is 2.29. The van der Waals surface area contributed by atoms with Gasteiger partial charge in [0.15, 0.2) is 0 Å². The summed E-state index contributed by atoms with van der Waals surface area (Å²) in [6, 6.07) is 0. The minimum atomic E-state index is -0.486. The van der Waals surface area contributed by atoms with E-state index < -0.39 is 6.10 Å². The van der Waals surface area contributed by atoms with E-state index in [-0.39, 0.29) is 11.9 Å². The zero-order chi connectivity index (χ0) is 6.85. The smallest absolute Gasteiger partial charge is 0.0896 e. The van der Waals surface area contributed by atoms with Crippen molar-refractivity contribution < 1.29 is 10.2 Å². The molecule has 0 aliphatic carbocycles. The summed E-state index contributed by atoms with van der Waals surface area (Å²) < 4.78 is 0. The Morgan fingerprint density at radius 1 is 1.78 bits per heavy atom. The van der Waals surface area contributed by atoms with Gasteiger partial charge in [-0.2, -0.15) is 0 Å². The van der Waals surface area contributed by atoms with Gasteiger partial charge in [0.1, 0.15) is 0 Å². The third-order valence-corrected chi connectivity index (χ3v) is 2.81. The van der Waals surface area contributed by atoms with E-state index in [1.54, 1.807) is 11.8 Å². The van der Waals surface area contributed by atoms with Crippen LogP contribution in [0.25, 0.3) is 0 Å². The molecule has 1 aliphatic heterocycles. The standard InChI is InChI=1S/C6H10O2S/c1-4-3-9-5(2-7)6(4)8/h5-8H,1-3H2/t5-,6+/m1/s1. The highest BCUT2D eigenvalue weighted by molar-refractivity contribution is 8.00. The molecule has 0 amide bonds. The molecule has 1 rings (SSSR count). The molecule has 2 nitrogen and oxygen atoms in total. The fourth-order valence-corrected chi connectivity index (χ4v) is 1.89. The molecule has 9 heavy (non-hydrogen) atoms. The Kier molecular flexibility index (Phi) is 2.16. The molecular formula is C6H10O2S. The highest BCUT2D eigenvalue weighted by atomic mass is 32.2. The van der Waals surface area contributed by atoms with E-state index in [0.717, 1.165) is 11.3 Å². The van der Waals surface area contributed by atoms with Crippen LogP contribution in [0.2, 0.25) is 0 Å². The number of hydrogen-bond donors (Lipinski definition) is 2. The van der Waals surface area contributed by atoms with Gasteiger partial charge in [-0.15, -0.1) is 11.8 Å². The van der Waals surface area contributed by atoms with Gasteiger partial charge < -0.3 is 10.2 Å². The van der Waals surface area contributed by atoms with Crippen molar-refractivity contribution in [2.24, 2.45) is 0 Å². The van der Waals surface area contributed by atoms with Gasteiger partial charge >= 0.3 is 0 Å². The fourth-order valence-electron chi connectivity index (χ4n) is 0.806. The monoisotopic (exact) mass is 146 g/mol. The summed E-state index contributed by atoms with van der Waals surface area (Å²) in [5.41, 5.74) is 0.832. The molecule has 0 unspecified atom stereocenters. The third-order valence-electron chi connectivity index (χ3n) is 1.43. The Morgan fingerprint density at radius 2 is 2.44 bits per heavy atom. The second kappa shape index (κ2) is 2.73. The molecule has 0 spiro atoms. The maximum absolute atomic E-state index is 9.18. The Bertz CT molecular complexity index is 124. The van der Waals surface area contributed by atoms with Gasteiger partial charge in [0.05, 0.1) is 18.0 Å². The predicted molar refractivity (Wildman–Crippen MR) is 38.5 cm³/mol. The van der Waals surface area contributed by atoms with Crippen LogP contribution in [0.5, 0.6) is 0 Å². The molecule has 1 aliphatic rings. The van der Waals surface area contributed by atoms with Crippen molar-refractivity contribution in [1.82, 2.24) is 0 Å². The molecular weight excluding hydrogens is 136 g/mol. The van der Waals surface area contributed by atoms with Gasteiger partial charge in [0.25, 0.3) is 0 Å². The van der Waals surface area contributed by atoms with Crippen LogP contribution in [0.4, 0.5) is 0 Å². The van der Waals surface area contributed by atoms with Crippen molar-refractivity contribution >= 4 is 11.8 Å². The van der Waals surface area contributed by atoms with Crippen LogP contribution in [-0.2, 0) is 0 Å². The summed E-state index contributed by atoms with van der Waals surface area (Å²) >= 11 is 1.56. The molecule has 0 saturated carbocycles. The van der Waals surface area contributed by atoms with E-state index in [0.29, 0.717) is 0 Å². The molecule has 1 fully saturated rings. The summed E-state index contributed by atoms with van der Waals surface area (Å²) in [5, 5.41) is 17.8. The Hall–Kier alpha value is 0.01000. The summed E-state index contributed by atoms with van der Waals surface area (Å²) in [5.74, 6) is 0.784. The normalized spacial score (nSPS) is 35.6. The Labute approximate surface area is 58.6 Å². The largest absolute Gasteiger partial charge is 0.395 e. The SMILES string of the molecule is C=C1CS[C@H](CO)[C@H]1O. The molecule has 0 aromatic carbocycles. The Morgan fingerprint density at radius 3 is 2.67 bits per heavy atom. The molecule has 2 N–H and O–H groups in total. The maximum atomic E-state index is 9.18. The van der Waals surface area contributed by atoms with E-state index in [9.17, 15) is 5.11 Å². The van der Waals surface area contributed by atoms with Crippen LogP contribution in [0.1, 0.15) is 0 Å². The molecule has 0 aromatic rings. The van der Waals surface area contributed by atoms with Crippen LogP contribution in [-0.4, -0.2) is 33.9 Å². The quantitative estimate of drug-likeness (QED) is 0.512. The van der Waals surface area contributed by atoms with Crippen molar-refractivity contribution in [1.29, 1.82) is 0 Å². The van der Waals surface area contributed by atoms with Gasteiger partial charge in [-0.1, -0.05) is 6.58 Å². The highest BCUT2D eigenvalue weighted by Gasteiger charge is 2.27. The lowest BCUT2D eigenvalue weighted by atomic mass is 10.1. The number of rotatable bonds is 1. The van der Waals surface area contributed by atoms with Crippen molar-refractivity contribution in [2.45, 2.75) is 11.4 Å². The maximum Gasteiger partial charge on any atom is 0.0896 e. The minimum absolute atomic E-state index is 0.0301. The molecule has 1 heterocycles. The molecule has 0 radical (unpaired) electrons. The van der Waals surface area contributed by atoms with Gasteiger partial charge in [0, 0.05) is 5.75 Å². The first-order valence-electron chi connectivity index (χ1n) is 2.84. The van der Waals surface area contributed by atoms with E-state index in [1.807, 2.05) is 0 Å². The summed E-state index contributed by atoms with van der Waals surface area (Å²) in [6.07, 6.45) is -0.486. The van der Waals surface area contributed by atoms with Crippen LogP contribution < -0.4 is 0 Å². The molecule has 2 atom stereocenters. The lowest BCUT2D eigenvalue weighted by Crippen LogP contribution is -2.21. The van der Waals surface area contributed by atoms with E-state index in [4.69, 9.17) is 5.11 Å². The zero-order valence-electron chi connectivity index (χ0n) is 5.08. The van der Waals surface area contributed by atoms with Gasteiger partial charge in [-0.25, -0.2) is 0 Å². The number of hydrogen-bond acceptors (Lipinski definition) is 3. The van der Waals surface area contributed by atoms with E-state index >= 15 is 0 Å². The van der Waals surface area contributed by atoms with E-state index in [1.165, 1.54) is 0 Å². The van der Waals surface area contributed by atoms with Crippen molar-refractivity contribution in [3.63, 3.8) is 0 Å². The third kappa shape index (κ3) is 1.28. The second-order valence-electron chi connectivity index (χ2n) is 2.14. The van der Waals surface area contributed by atoms with Gasteiger partial charge in [0.2, 0.25) is 0 Å². The predicted octanol–water partition coefficient (Wildman–Crippen LogP) is 0.0112. The number of aliphatic hydroxyl groups excluding tert-OH is 2. The van der Waals surface area contributed by atoms with Crippen LogP contribution in [0.3, 0.4) is 0 Å². The number of thioether (sulfide) groups is 1. The molecule has 0 aromatic heterocycles. The number of aliphatic hydroxyl groups is 2. The van der Waals surface area contributed by atoms with Crippen LogP contribution in [0.15, 0.2) is 12.2 Å². The fraction of sp³-hybridized carbons (Fsp3) is 0.667. The Balaban J connectivity index is 2.51. The first kappa shape index (κ1) is 7.12. The van der Waals surface area contributed by atoms with Crippen LogP contribution in [0, 0.1) is 0 Å². The molecule has 1 saturated heterocycles. The first-order valence-corrected chi connectivity index (χ1v) is 3.88. The van der Waals surface area contributed by atoms with Gasteiger partial charge in [-0.05, 0) is 5.57 Å². The average molecular weight is 146 g/mol.